The molecule has 0 unspecified atom stereocenters. The van der Waals surface area contributed by atoms with E-state index in [4.69, 9.17) is 9.47 Å². The smallest absolute Gasteiger partial charge is 0.334 e. The van der Waals surface area contributed by atoms with E-state index in [1.54, 1.807) is 0 Å². The first-order valence-corrected chi connectivity index (χ1v) is 8.05. The zero-order valence-corrected chi connectivity index (χ0v) is 13.6. The molecule has 0 radical (unpaired) electrons. The minimum atomic E-state index is -0.378. The first-order valence-electron chi connectivity index (χ1n) is 8.05. The number of unbranched alkanes of at least 4 members (excludes halogenated alkanes) is 2. The van der Waals surface area contributed by atoms with Crippen LogP contribution in [0.2, 0.25) is 0 Å². The van der Waals surface area contributed by atoms with Crippen molar-refractivity contribution in [2.45, 2.75) is 64.7 Å². The fourth-order valence-electron chi connectivity index (χ4n) is 3.06. The van der Waals surface area contributed by atoms with E-state index in [-0.39, 0.29) is 17.9 Å². The Kier molecular flexibility index (Phi) is 8.09. The Morgan fingerprint density at radius 3 is 2.10 bits per heavy atom. The van der Waals surface area contributed by atoms with Crippen molar-refractivity contribution in [2.24, 2.45) is 5.92 Å². The first-order chi connectivity index (χ1) is 10.2. The van der Waals surface area contributed by atoms with Gasteiger partial charge in [0.1, 0.15) is 0 Å². The highest BCUT2D eigenvalue weighted by atomic mass is 16.5. The largest absolute Gasteiger partial charge is 0.466 e. The molecule has 1 saturated carbocycles. The van der Waals surface area contributed by atoms with E-state index < -0.39 is 0 Å². The molecule has 120 valence electrons. The predicted octanol–water partition coefficient (Wildman–Crippen LogP) is 3.79. The van der Waals surface area contributed by atoms with Crippen LogP contribution in [0.1, 0.15) is 64.7 Å². The van der Waals surface area contributed by atoms with E-state index in [1.807, 2.05) is 0 Å². The molecule has 0 N–H and O–H groups in total. The normalized spacial score (nSPS) is 17.1. The minimum absolute atomic E-state index is 0.141. The number of esters is 2. The molecule has 21 heavy (non-hydrogen) atoms. The Morgan fingerprint density at radius 1 is 0.952 bits per heavy atom. The second-order valence-corrected chi connectivity index (χ2v) is 5.67. The molecule has 0 aromatic rings. The lowest BCUT2D eigenvalue weighted by Crippen LogP contribution is -2.23. The maximum atomic E-state index is 12.2. The van der Waals surface area contributed by atoms with Crippen LogP contribution in [0.25, 0.3) is 0 Å². The van der Waals surface area contributed by atoms with Gasteiger partial charge in [-0.2, -0.15) is 0 Å². The standard InChI is InChI=1S/C17H28O4/c1-4-5-7-12-14(16(18)20-2)15(17(19)21-3)13-10-8-6-9-11-13/h13H,4-12H2,1-3H3. The fourth-order valence-corrected chi connectivity index (χ4v) is 3.06. The summed E-state index contributed by atoms with van der Waals surface area (Å²) in [6, 6.07) is 0. The van der Waals surface area contributed by atoms with E-state index >= 15 is 0 Å². The summed E-state index contributed by atoms with van der Waals surface area (Å²) in [4.78, 5) is 24.3. The highest BCUT2D eigenvalue weighted by molar-refractivity contribution is 6.00. The van der Waals surface area contributed by atoms with Gasteiger partial charge in [0.05, 0.1) is 19.8 Å². The maximum Gasteiger partial charge on any atom is 0.334 e. The van der Waals surface area contributed by atoms with Crippen LogP contribution in [0.4, 0.5) is 0 Å². The van der Waals surface area contributed by atoms with E-state index in [0.29, 0.717) is 17.6 Å². The second-order valence-electron chi connectivity index (χ2n) is 5.67. The topological polar surface area (TPSA) is 52.6 Å². The third-order valence-electron chi connectivity index (χ3n) is 4.21. The van der Waals surface area contributed by atoms with Gasteiger partial charge in [0.25, 0.3) is 0 Å². The summed E-state index contributed by atoms with van der Waals surface area (Å²) < 4.78 is 9.85. The molecular formula is C17H28O4. The highest BCUT2D eigenvalue weighted by Crippen LogP contribution is 2.33. The van der Waals surface area contributed by atoms with E-state index in [1.165, 1.54) is 20.6 Å². The number of carbonyl (C=O) groups is 2. The predicted molar refractivity (Wildman–Crippen MR) is 81.8 cm³/mol. The summed E-state index contributed by atoms with van der Waals surface area (Å²) in [6.45, 7) is 2.11. The molecule has 0 heterocycles. The van der Waals surface area contributed by atoms with Crippen LogP contribution >= 0.6 is 0 Å². The zero-order valence-electron chi connectivity index (χ0n) is 13.6. The second kappa shape index (κ2) is 9.59. The van der Waals surface area contributed by atoms with Crippen LogP contribution in [0.15, 0.2) is 11.1 Å². The van der Waals surface area contributed by atoms with E-state index in [2.05, 4.69) is 6.92 Å². The lowest BCUT2D eigenvalue weighted by atomic mass is 9.81. The molecule has 4 heteroatoms. The van der Waals surface area contributed by atoms with Crippen LogP contribution in [-0.2, 0) is 19.1 Å². The Morgan fingerprint density at radius 2 is 1.57 bits per heavy atom. The van der Waals surface area contributed by atoms with Crippen molar-refractivity contribution in [3.63, 3.8) is 0 Å². The van der Waals surface area contributed by atoms with Crippen LogP contribution < -0.4 is 0 Å². The molecule has 0 aliphatic heterocycles. The molecule has 0 aromatic heterocycles. The van der Waals surface area contributed by atoms with Gasteiger partial charge in [-0.3, -0.25) is 0 Å². The molecule has 1 aliphatic rings. The average Bonchev–Trinajstić information content (AvgIpc) is 2.53. The van der Waals surface area contributed by atoms with Crippen molar-refractivity contribution in [1.29, 1.82) is 0 Å². The summed E-state index contributed by atoms with van der Waals surface area (Å²) in [6.07, 6.45) is 8.94. The maximum absolute atomic E-state index is 12.2. The molecule has 0 spiro atoms. The third-order valence-corrected chi connectivity index (χ3v) is 4.21. The average molecular weight is 296 g/mol. The Hall–Kier alpha value is -1.32. The van der Waals surface area contributed by atoms with Crippen LogP contribution in [0.3, 0.4) is 0 Å². The van der Waals surface area contributed by atoms with Gasteiger partial charge >= 0.3 is 11.9 Å². The number of hydrogen-bond acceptors (Lipinski definition) is 4. The fraction of sp³-hybridized carbons (Fsp3) is 0.765. The molecule has 1 fully saturated rings. The van der Waals surface area contributed by atoms with Crippen molar-refractivity contribution in [2.75, 3.05) is 14.2 Å². The highest BCUT2D eigenvalue weighted by Gasteiger charge is 2.30. The molecule has 0 saturated heterocycles. The van der Waals surface area contributed by atoms with Crippen molar-refractivity contribution < 1.29 is 19.1 Å². The first kappa shape index (κ1) is 17.7. The monoisotopic (exact) mass is 296 g/mol. The molecule has 0 bridgehead atoms. The number of rotatable bonds is 7. The van der Waals surface area contributed by atoms with Gasteiger partial charge in [0.15, 0.2) is 0 Å². The summed E-state index contributed by atoms with van der Waals surface area (Å²) in [7, 11) is 2.75. The summed E-state index contributed by atoms with van der Waals surface area (Å²) in [5.74, 6) is -0.599. The number of carbonyl (C=O) groups excluding carboxylic acids is 2. The number of methoxy groups -OCH3 is 2. The van der Waals surface area contributed by atoms with E-state index in [9.17, 15) is 9.59 Å². The minimum Gasteiger partial charge on any atom is -0.466 e. The molecule has 0 atom stereocenters. The van der Waals surface area contributed by atoms with Crippen molar-refractivity contribution in [3.8, 4) is 0 Å². The van der Waals surface area contributed by atoms with Gasteiger partial charge in [-0.05, 0) is 31.6 Å². The molecule has 1 aliphatic carbocycles. The lowest BCUT2D eigenvalue weighted by Gasteiger charge is -2.25. The number of hydrogen-bond donors (Lipinski definition) is 0. The zero-order chi connectivity index (χ0) is 15.7. The SMILES string of the molecule is CCCCCC(C(=O)OC)=C(C(=O)OC)C1CCCCC1. The van der Waals surface area contributed by atoms with Gasteiger partial charge in [-0.15, -0.1) is 0 Å². The number of ether oxygens (including phenoxy) is 2. The van der Waals surface area contributed by atoms with Crippen LogP contribution in [-0.4, -0.2) is 26.2 Å². The molecule has 1 rings (SSSR count). The molecule has 4 nitrogen and oxygen atoms in total. The Labute approximate surface area is 127 Å². The molecule has 0 aromatic carbocycles. The quantitative estimate of drug-likeness (QED) is 0.407. The van der Waals surface area contributed by atoms with Gasteiger partial charge in [-0.25, -0.2) is 9.59 Å². The molecule has 0 amide bonds. The van der Waals surface area contributed by atoms with Gasteiger partial charge in [0, 0.05) is 5.57 Å². The Balaban J connectivity index is 3.08. The molecular weight excluding hydrogens is 268 g/mol. The summed E-state index contributed by atoms with van der Waals surface area (Å²) in [5.41, 5.74) is 1.10. The van der Waals surface area contributed by atoms with Gasteiger partial charge < -0.3 is 9.47 Å². The summed E-state index contributed by atoms with van der Waals surface area (Å²) >= 11 is 0. The third kappa shape index (κ3) is 5.18. The Bertz CT molecular complexity index is 378. The van der Waals surface area contributed by atoms with Crippen molar-refractivity contribution >= 4 is 11.9 Å². The van der Waals surface area contributed by atoms with E-state index in [0.717, 1.165) is 44.9 Å². The van der Waals surface area contributed by atoms with Crippen molar-refractivity contribution in [3.05, 3.63) is 11.1 Å². The van der Waals surface area contributed by atoms with Gasteiger partial charge in [-0.1, -0.05) is 39.0 Å². The summed E-state index contributed by atoms with van der Waals surface area (Å²) in [5, 5.41) is 0. The van der Waals surface area contributed by atoms with Crippen LogP contribution in [0.5, 0.6) is 0 Å². The van der Waals surface area contributed by atoms with Crippen LogP contribution in [0, 0.1) is 5.92 Å². The van der Waals surface area contributed by atoms with Gasteiger partial charge in [0.2, 0.25) is 0 Å². The lowest BCUT2D eigenvalue weighted by molar-refractivity contribution is -0.140. The van der Waals surface area contributed by atoms with Crippen molar-refractivity contribution in [1.82, 2.24) is 0 Å².